The summed E-state index contributed by atoms with van der Waals surface area (Å²) in [7, 11) is 0. The van der Waals surface area contributed by atoms with Crippen LogP contribution >= 0.6 is 0 Å². The fourth-order valence-electron chi connectivity index (χ4n) is 3.35. The first kappa shape index (κ1) is 35.2. The summed E-state index contributed by atoms with van der Waals surface area (Å²) < 4.78 is 0. The van der Waals surface area contributed by atoms with Crippen molar-refractivity contribution in [2.75, 3.05) is 0 Å². The van der Waals surface area contributed by atoms with Crippen LogP contribution in [0.5, 0.6) is 0 Å². The topological polar surface area (TPSA) is 37.6 Å². The summed E-state index contributed by atoms with van der Waals surface area (Å²) in [5.41, 5.74) is 6.89. The van der Waals surface area contributed by atoms with Crippen LogP contribution in [0.15, 0.2) is 83.0 Å². The molecule has 3 aromatic rings. The molecule has 0 atom stereocenters. The third-order valence-electron chi connectivity index (χ3n) is 5.02. The van der Waals surface area contributed by atoms with Gasteiger partial charge in [-0.05, 0) is 35.4 Å². The Morgan fingerprint density at radius 3 is 1.69 bits per heavy atom. The van der Waals surface area contributed by atoms with E-state index >= 15 is 0 Å². The SMILES string of the molecule is CC(=Nc1ccccc1C(C)(C)C)c1cccnc1.C[C-]=Nc1ccccc1C(C)(C)C.[Cl-].[Cl-].[Fe+3]. The summed E-state index contributed by atoms with van der Waals surface area (Å²) in [6.45, 7) is 17.0. The minimum Gasteiger partial charge on any atom is -1.00 e. The van der Waals surface area contributed by atoms with Gasteiger partial charge in [-0.3, -0.25) is 9.98 Å². The first-order valence-corrected chi connectivity index (χ1v) is 11.1. The molecule has 3 rings (SSSR count). The molecule has 2 aromatic carbocycles. The number of nitrogens with zero attached hydrogens (tertiary/aromatic N) is 3. The molecule has 0 fully saturated rings. The van der Waals surface area contributed by atoms with Gasteiger partial charge in [-0.25, -0.2) is 0 Å². The van der Waals surface area contributed by atoms with Crippen molar-refractivity contribution in [1.82, 2.24) is 4.98 Å². The molecule has 0 spiro atoms. The Kier molecular flexibility index (Phi) is 16.0. The maximum atomic E-state index is 4.77. The summed E-state index contributed by atoms with van der Waals surface area (Å²) in [6, 6.07) is 20.5. The molecule has 0 aliphatic carbocycles. The molecule has 1 radical (unpaired) electrons. The van der Waals surface area contributed by atoms with Gasteiger partial charge in [0.15, 0.2) is 0 Å². The van der Waals surface area contributed by atoms with Gasteiger partial charge in [-0.1, -0.05) is 95.3 Å². The summed E-state index contributed by atoms with van der Waals surface area (Å²) in [5.74, 6) is 0. The van der Waals surface area contributed by atoms with Crippen molar-refractivity contribution < 1.29 is 41.9 Å². The van der Waals surface area contributed by atoms with Gasteiger partial charge >= 0.3 is 17.1 Å². The standard InChI is InChI=1S/C17H20N2.C12H16N.2ClH.Fe/c1-13(14-8-7-11-18-12-14)19-16-10-6-5-9-15(16)17(2,3)4;1-5-13-11-9-7-6-8-10(11)12(2,3)4;;;/h5-12H,1-4H3;6-9H,1-4H3;2*1H;/q;-1;;;+3/p-2. The average Bonchev–Trinajstić information content (AvgIpc) is 2.74. The van der Waals surface area contributed by atoms with Crippen LogP contribution in [-0.4, -0.2) is 16.9 Å². The Bertz CT molecular complexity index is 1070. The maximum Gasteiger partial charge on any atom is 3.00 e. The number of para-hydroxylation sites is 2. The van der Waals surface area contributed by atoms with Gasteiger partial charge in [0, 0.05) is 23.7 Å². The molecule has 0 aliphatic rings. The van der Waals surface area contributed by atoms with E-state index in [1.54, 1.807) is 6.20 Å². The van der Waals surface area contributed by atoms with Gasteiger partial charge in [0.1, 0.15) is 0 Å². The molecule has 6 heteroatoms. The predicted octanol–water partition coefficient (Wildman–Crippen LogP) is 2.11. The maximum absolute atomic E-state index is 4.77. The van der Waals surface area contributed by atoms with E-state index in [4.69, 9.17) is 4.99 Å². The van der Waals surface area contributed by atoms with E-state index in [1.165, 1.54) is 11.1 Å². The van der Waals surface area contributed by atoms with Crippen LogP contribution in [0.4, 0.5) is 11.4 Å². The predicted molar refractivity (Wildman–Crippen MR) is 139 cm³/mol. The molecule has 189 valence electrons. The quantitative estimate of drug-likeness (QED) is 0.278. The molecule has 0 saturated carbocycles. The molecule has 0 N–H and O–H groups in total. The van der Waals surface area contributed by atoms with Crippen LogP contribution in [0.1, 0.15) is 72.1 Å². The van der Waals surface area contributed by atoms with Crippen molar-refractivity contribution in [2.45, 2.75) is 66.2 Å². The molecule has 0 aliphatic heterocycles. The number of rotatable bonds is 3. The smallest absolute Gasteiger partial charge is 1.00 e. The molecule has 0 amide bonds. The van der Waals surface area contributed by atoms with Gasteiger partial charge in [-0.15, -0.1) is 13.0 Å². The molecule has 0 saturated heterocycles. The fraction of sp³-hybridized carbons (Fsp3) is 0.345. The monoisotopic (exact) mass is 552 g/mol. The molecular formula is C29H36Cl2FeN3. The third-order valence-corrected chi connectivity index (χ3v) is 5.02. The van der Waals surface area contributed by atoms with Crippen molar-refractivity contribution in [3.63, 3.8) is 0 Å². The third kappa shape index (κ3) is 11.1. The summed E-state index contributed by atoms with van der Waals surface area (Å²) >= 11 is 0. The molecular weight excluding hydrogens is 517 g/mol. The van der Waals surface area contributed by atoms with E-state index in [-0.39, 0.29) is 52.7 Å². The normalized spacial score (nSPS) is 11.4. The Balaban J connectivity index is 0. The van der Waals surface area contributed by atoms with Crippen molar-refractivity contribution in [3.8, 4) is 0 Å². The second-order valence-corrected chi connectivity index (χ2v) is 9.81. The summed E-state index contributed by atoms with van der Waals surface area (Å²) in [5, 5.41) is 0. The van der Waals surface area contributed by atoms with Crippen molar-refractivity contribution >= 4 is 23.3 Å². The Morgan fingerprint density at radius 2 is 1.23 bits per heavy atom. The van der Waals surface area contributed by atoms with E-state index in [0.29, 0.717) is 0 Å². The second kappa shape index (κ2) is 15.9. The Labute approximate surface area is 235 Å². The van der Waals surface area contributed by atoms with Gasteiger partial charge in [0.05, 0.1) is 5.69 Å². The van der Waals surface area contributed by atoms with Crippen LogP contribution < -0.4 is 24.8 Å². The first-order chi connectivity index (χ1) is 15.0. The van der Waals surface area contributed by atoms with Crippen LogP contribution in [0.2, 0.25) is 0 Å². The van der Waals surface area contributed by atoms with Crippen LogP contribution in [0.3, 0.4) is 0 Å². The number of halogens is 2. The minimum absolute atomic E-state index is 0. The number of aromatic nitrogens is 1. The Morgan fingerprint density at radius 1 is 0.743 bits per heavy atom. The number of benzene rings is 2. The molecule has 0 unspecified atom stereocenters. The van der Waals surface area contributed by atoms with Crippen molar-refractivity contribution in [3.05, 3.63) is 89.7 Å². The first-order valence-electron chi connectivity index (χ1n) is 11.1. The van der Waals surface area contributed by atoms with Crippen LogP contribution in [-0.2, 0) is 27.9 Å². The number of aliphatic imine (C=N–C) groups is 2. The van der Waals surface area contributed by atoms with E-state index in [1.807, 2.05) is 50.4 Å². The molecule has 0 bridgehead atoms. The van der Waals surface area contributed by atoms with E-state index in [2.05, 4.69) is 88.1 Å². The molecule has 35 heavy (non-hydrogen) atoms. The van der Waals surface area contributed by atoms with Gasteiger partial charge in [-0.2, -0.15) is 6.21 Å². The van der Waals surface area contributed by atoms with E-state index in [9.17, 15) is 0 Å². The molecule has 1 heterocycles. The van der Waals surface area contributed by atoms with Gasteiger partial charge in [0.2, 0.25) is 0 Å². The average molecular weight is 553 g/mol. The van der Waals surface area contributed by atoms with Crippen molar-refractivity contribution in [2.24, 2.45) is 9.98 Å². The number of hydrogen-bond acceptors (Lipinski definition) is 3. The summed E-state index contributed by atoms with van der Waals surface area (Å²) in [6.07, 6.45) is 6.44. The number of hydrogen-bond donors (Lipinski definition) is 0. The van der Waals surface area contributed by atoms with Gasteiger partial charge in [0.25, 0.3) is 0 Å². The largest absolute Gasteiger partial charge is 3.00 e. The molecule has 1 aromatic heterocycles. The fourth-order valence-corrected chi connectivity index (χ4v) is 3.35. The van der Waals surface area contributed by atoms with Gasteiger partial charge < -0.3 is 29.8 Å². The van der Waals surface area contributed by atoms with Crippen molar-refractivity contribution in [1.29, 1.82) is 0 Å². The summed E-state index contributed by atoms with van der Waals surface area (Å²) in [4.78, 5) is 13.1. The van der Waals surface area contributed by atoms with Crippen LogP contribution in [0, 0.1) is 0 Å². The Hall–Kier alpha value is -1.97. The zero-order valence-electron chi connectivity index (χ0n) is 21.9. The zero-order chi connectivity index (χ0) is 23.8. The second-order valence-electron chi connectivity index (χ2n) is 9.81. The van der Waals surface area contributed by atoms with Crippen LogP contribution in [0.25, 0.3) is 0 Å². The zero-order valence-corrected chi connectivity index (χ0v) is 24.5. The molecule has 3 nitrogen and oxygen atoms in total. The van der Waals surface area contributed by atoms with E-state index < -0.39 is 0 Å². The van der Waals surface area contributed by atoms with E-state index in [0.717, 1.165) is 22.6 Å². The minimum atomic E-state index is 0. The number of pyridine rings is 1.